The molecule has 0 aromatic heterocycles. The van der Waals surface area contributed by atoms with E-state index in [9.17, 15) is 0 Å². The molecule has 0 fully saturated rings. The summed E-state index contributed by atoms with van der Waals surface area (Å²) in [7, 11) is -32.3. The first-order valence-electron chi connectivity index (χ1n) is 4.38. The average molecular weight is 1120 g/mol. The second-order valence-electron chi connectivity index (χ2n) is 2.68. The number of hydrogen-bond donors (Lipinski definition) is 0. The summed E-state index contributed by atoms with van der Waals surface area (Å²) in [4.78, 5) is 154. The van der Waals surface area contributed by atoms with Gasteiger partial charge >= 0.3 is 130 Å². The molecule has 0 saturated heterocycles. The van der Waals surface area contributed by atoms with Crippen molar-refractivity contribution in [3.8, 4) is 0 Å². The van der Waals surface area contributed by atoms with E-state index in [1.165, 1.54) is 0 Å². The molecule has 36 heteroatoms. The zero-order valence-electron chi connectivity index (χ0n) is 16.1. The van der Waals surface area contributed by atoms with Crippen molar-refractivity contribution in [2.24, 2.45) is 0 Å². The van der Waals surface area contributed by atoms with Crippen LogP contribution >= 0.6 is 46.9 Å². The first-order chi connectivity index (χ1) is 12.0. The zero-order chi connectivity index (χ0) is 27.0. The normalized spacial score (nSPS) is 9.83. The maximum absolute atomic E-state index is 8.55. The molecule has 0 radical (unpaired) electrons. The second kappa shape index (κ2) is 36.1. The summed E-state index contributed by atoms with van der Waals surface area (Å²) in [6, 6.07) is 0. The van der Waals surface area contributed by atoms with Gasteiger partial charge in [0.05, 0.1) is 0 Å². The van der Waals surface area contributed by atoms with E-state index in [-0.39, 0.29) is 130 Å². The van der Waals surface area contributed by atoms with Crippen LogP contribution in [0.25, 0.3) is 0 Å². The molecule has 0 aromatic rings. The Morgan fingerprint density at radius 2 is 0.222 bits per heavy atom. The molecule has 0 aliphatic carbocycles. The summed E-state index contributed by atoms with van der Waals surface area (Å²) >= 11 is 0. The minimum atomic E-state index is -5.39. The van der Waals surface area contributed by atoms with Gasteiger partial charge in [0.25, 0.3) is 0 Å². The molecule has 0 N–H and O–H groups in total. The summed E-state index contributed by atoms with van der Waals surface area (Å²) in [5, 5.41) is 0. The Balaban J connectivity index is -0.0000000186. The maximum Gasteiger partial charge on any atom is 4.00 e. The molecule has 0 aromatic carbocycles. The van der Waals surface area contributed by atoms with Crippen LogP contribution in [0.1, 0.15) is 0 Å². The number of hydrogen-bond acceptors (Lipinski definition) is 24. The van der Waals surface area contributed by atoms with E-state index in [0.29, 0.717) is 0 Å². The van der Waals surface area contributed by atoms with Gasteiger partial charge < -0.3 is 115 Å². The van der Waals surface area contributed by atoms with Crippen molar-refractivity contribution < 1.29 is 174 Å². The first-order valence-corrected chi connectivity index (χ1v) is 13.1. The summed E-state index contributed by atoms with van der Waals surface area (Å²) < 4.78 is 51.3. The van der Waals surface area contributed by atoms with E-state index >= 15 is 0 Å². The van der Waals surface area contributed by atoms with E-state index in [1.54, 1.807) is 0 Å². The second-order valence-corrected chi connectivity index (χ2v) is 8.05. The number of rotatable bonds is 0. The van der Waals surface area contributed by atoms with Crippen molar-refractivity contribution in [3.05, 3.63) is 0 Å². The van der Waals surface area contributed by atoms with Crippen molar-refractivity contribution >= 4 is 119 Å². The van der Waals surface area contributed by atoms with E-state index < -0.39 is 46.9 Å². The smallest absolute Gasteiger partial charge is 0.822 e. The van der Waals surface area contributed by atoms with Crippen molar-refractivity contribution in [2.75, 3.05) is 0 Å². The summed E-state index contributed by atoms with van der Waals surface area (Å²) in [5.41, 5.74) is 0. The van der Waals surface area contributed by atoms with Crippen molar-refractivity contribution in [3.63, 3.8) is 0 Å². The van der Waals surface area contributed by atoms with Gasteiger partial charge in [0, 0.05) is 0 Å². The van der Waals surface area contributed by atoms with E-state index in [1.807, 2.05) is 0 Å². The molecule has 36 heavy (non-hydrogen) atoms. The van der Waals surface area contributed by atoms with E-state index in [4.69, 9.17) is 115 Å². The van der Waals surface area contributed by atoms with Gasteiger partial charge in [-0.05, 0) is 0 Å². The average Bonchev–Trinajstić information content (AvgIpc) is 1.94. The van der Waals surface area contributed by atoms with Crippen LogP contribution < -0.4 is 88.1 Å². The molecular formula is O24P6Sn3Zn3. The van der Waals surface area contributed by atoms with Crippen LogP contribution in [0.5, 0.6) is 0 Å². The van der Waals surface area contributed by atoms with Crippen LogP contribution in [0.2, 0.25) is 0 Å². The Bertz CT molecular complexity index is 483. The molecule has 0 bridgehead atoms. The van der Waals surface area contributed by atoms with Crippen LogP contribution in [0.4, 0.5) is 0 Å². The van der Waals surface area contributed by atoms with Crippen LogP contribution in [0, 0.1) is 0 Å². The topological polar surface area (TPSA) is 518 Å². The minimum absolute atomic E-state index is 0. The number of phosphoric acid groups is 6. The van der Waals surface area contributed by atoms with Gasteiger partial charge in [-0.3, -0.25) is 0 Å². The molecule has 0 heterocycles. The van der Waals surface area contributed by atoms with Gasteiger partial charge in [0.1, 0.15) is 0 Å². The van der Waals surface area contributed by atoms with Crippen molar-refractivity contribution in [1.29, 1.82) is 0 Å². The summed E-state index contributed by atoms with van der Waals surface area (Å²) in [6.45, 7) is 0. The van der Waals surface area contributed by atoms with Gasteiger partial charge in [-0.2, -0.15) is 46.9 Å². The van der Waals surface area contributed by atoms with Gasteiger partial charge in [-0.15, -0.1) is 0 Å². The largest absolute Gasteiger partial charge is 4.00 e. The van der Waals surface area contributed by atoms with Crippen molar-refractivity contribution in [2.45, 2.75) is 0 Å². The van der Waals surface area contributed by atoms with Gasteiger partial charge in [-0.25, -0.2) is 0 Å². The molecule has 0 rings (SSSR count). The molecule has 24 nitrogen and oxygen atoms in total. The fourth-order valence-corrected chi connectivity index (χ4v) is 0. The van der Waals surface area contributed by atoms with Crippen molar-refractivity contribution in [1.82, 2.24) is 0 Å². The fraction of sp³-hybridized carbons (Fsp3) is 0. The molecule has 0 atom stereocenters. The van der Waals surface area contributed by atoms with Crippen LogP contribution in [-0.2, 0) is 85.8 Å². The molecule has 0 spiro atoms. The summed E-state index contributed by atoms with van der Waals surface area (Å²) in [5.74, 6) is 0. The summed E-state index contributed by atoms with van der Waals surface area (Å²) in [6.07, 6.45) is 0. The van der Waals surface area contributed by atoms with Crippen LogP contribution in [0.15, 0.2) is 0 Å². The predicted octanol–water partition coefficient (Wildman–Crippen LogP) is -18.1. The van der Waals surface area contributed by atoms with Gasteiger partial charge in [0.2, 0.25) is 0 Å². The molecule has 0 amide bonds. The predicted molar refractivity (Wildman–Crippen MR) is 62.9 cm³/mol. The fourth-order valence-electron chi connectivity index (χ4n) is 0. The van der Waals surface area contributed by atoms with E-state index in [0.717, 1.165) is 0 Å². The molecule has 0 unspecified atom stereocenters. The van der Waals surface area contributed by atoms with Crippen LogP contribution in [-0.4, -0.2) is 71.7 Å². The first kappa shape index (κ1) is 78.0. The third kappa shape index (κ3) is 2310. The third-order valence-electron chi connectivity index (χ3n) is 0. The van der Waals surface area contributed by atoms with Crippen LogP contribution in [0.3, 0.4) is 0 Å². The Morgan fingerprint density at radius 1 is 0.222 bits per heavy atom. The van der Waals surface area contributed by atoms with Gasteiger partial charge in [0.15, 0.2) is 0 Å². The maximum atomic E-state index is 8.55. The third-order valence-corrected chi connectivity index (χ3v) is 0. The molecule has 0 aliphatic rings. The standard InChI is InChI=1S/6H3O4P.3Sn.3Zn/c6*1-5(2,3)4;;;;;;/h6*(H3,1,2,3,4);;;;;;/q;;;;;;3*+4;3*+2/p-18. The Hall–Kier alpha value is 4.93. The Kier molecular flexibility index (Phi) is 78.2. The molecule has 0 aliphatic heterocycles. The van der Waals surface area contributed by atoms with E-state index in [2.05, 4.69) is 0 Å². The molecule has 0 saturated carbocycles. The molecular weight excluding hydrogens is 1120 g/mol. The SMILES string of the molecule is O=P([O-])([O-])[O-].O=P([O-])([O-])[O-].O=P([O-])([O-])[O-].O=P([O-])([O-])[O-].O=P([O-])([O-])[O-].O=P([O-])([O-])[O-].[Sn+4].[Sn+4].[Sn+4].[Zn+2].[Zn+2].[Zn+2]. The quantitative estimate of drug-likeness (QED) is 0.161. The zero-order valence-corrected chi connectivity index (χ0v) is 38.9. The Labute approximate surface area is 289 Å². The monoisotopic (exact) mass is 1120 g/mol. The minimum Gasteiger partial charge on any atom is -0.822 e. The van der Waals surface area contributed by atoms with Gasteiger partial charge in [-0.1, -0.05) is 0 Å². The Morgan fingerprint density at radius 3 is 0.222 bits per heavy atom. The molecule has 192 valence electrons.